The Balaban J connectivity index is 1.83. The highest BCUT2D eigenvalue weighted by atomic mass is 16.3. The molecule has 3 N–H and O–H groups in total. The summed E-state index contributed by atoms with van der Waals surface area (Å²) in [6, 6.07) is 10.9. The van der Waals surface area contributed by atoms with Crippen LogP contribution in [0.1, 0.15) is 27.2 Å². The third-order valence-corrected chi connectivity index (χ3v) is 3.92. The number of hydrogen-bond donors (Lipinski definition) is 3. The molecule has 0 fully saturated rings. The number of nitrogens with one attached hydrogen (secondary N) is 1. The number of benzene rings is 1. The van der Waals surface area contributed by atoms with E-state index in [0.717, 1.165) is 5.69 Å². The van der Waals surface area contributed by atoms with E-state index in [9.17, 15) is 15.0 Å². The van der Waals surface area contributed by atoms with Gasteiger partial charge < -0.3 is 14.8 Å². The number of aromatic nitrogens is 2. The Labute approximate surface area is 150 Å². The first kappa shape index (κ1) is 17.4. The van der Waals surface area contributed by atoms with E-state index in [4.69, 9.17) is 0 Å². The molecule has 7 heteroatoms. The molecule has 3 aromatic rings. The summed E-state index contributed by atoms with van der Waals surface area (Å²) < 4.78 is 1.83. The zero-order valence-electron chi connectivity index (χ0n) is 14.1. The van der Waals surface area contributed by atoms with Crippen LogP contribution < -0.4 is 5.43 Å². The van der Waals surface area contributed by atoms with Crippen LogP contribution in [0.25, 0.3) is 5.69 Å². The first-order valence-electron chi connectivity index (χ1n) is 7.96. The maximum atomic E-state index is 12.5. The van der Waals surface area contributed by atoms with Gasteiger partial charge in [0.1, 0.15) is 5.75 Å². The molecular weight excluding hydrogens is 332 g/mol. The van der Waals surface area contributed by atoms with Crippen molar-refractivity contribution in [3.63, 3.8) is 0 Å². The molecular formula is C19H18N4O3. The van der Waals surface area contributed by atoms with Gasteiger partial charge in [0.05, 0.1) is 29.8 Å². The van der Waals surface area contributed by atoms with Crippen molar-refractivity contribution in [2.75, 3.05) is 0 Å². The smallest absolute Gasteiger partial charge is 0.273 e. The van der Waals surface area contributed by atoms with E-state index in [0.29, 0.717) is 22.4 Å². The number of para-hydroxylation sites is 1. The minimum absolute atomic E-state index is 0.0812. The van der Waals surface area contributed by atoms with Crippen molar-refractivity contribution >= 4 is 12.1 Å². The Morgan fingerprint density at radius 2 is 2.00 bits per heavy atom. The van der Waals surface area contributed by atoms with Gasteiger partial charge in [0.15, 0.2) is 0 Å². The molecule has 0 saturated heterocycles. The highest BCUT2D eigenvalue weighted by Gasteiger charge is 2.12. The van der Waals surface area contributed by atoms with Crippen LogP contribution >= 0.6 is 0 Å². The summed E-state index contributed by atoms with van der Waals surface area (Å²) in [6.07, 6.45) is 6.45. The Morgan fingerprint density at radius 3 is 2.73 bits per heavy atom. The quantitative estimate of drug-likeness (QED) is 0.485. The van der Waals surface area contributed by atoms with Crippen LogP contribution in [0, 0.1) is 6.92 Å². The zero-order chi connectivity index (χ0) is 18.5. The van der Waals surface area contributed by atoms with E-state index in [-0.39, 0.29) is 18.3 Å². The first-order chi connectivity index (χ1) is 12.6. The Morgan fingerprint density at radius 1 is 1.27 bits per heavy atom. The number of aromatic hydroxyl groups is 1. The fraction of sp³-hybridized carbons (Fsp3) is 0.105. The fourth-order valence-electron chi connectivity index (χ4n) is 2.52. The molecule has 7 nitrogen and oxygen atoms in total. The normalized spacial score (nSPS) is 11.0. The molecule has 0 atom stereocenters. The average Bonchev–Trinajstić information content (AvgIpc) is 3.20. The van der Waals surface area contributed by atoms with Crippen LogP contribution in [0.15, 0.2) is 60.1 Å². The van der Waals surface area contributed by atoms with E-state index in [2.05, 4.69) is 15.5 Å². The van der Waals surface area contributed by atoms with Gasteiger partial charge in [0, 0.05) is 29.7 Å². The van der Waals surface area contributed by atoms with E-state index in [1.54, 1.807) is 19.1 Å². The second-order valence-electron chi connectivity index (χ2n) is 5.60. The van der Waals surface area contributed by atoms with Crippen LogP contribution in [-0.2, 0) is 6.61 Å². The number of aliphatic hydroxyl groups is 1. The Bertz CT molecular complexity index is 949. The van der Waals surface area contributed by atoms with Crippen molar-refractivity contribution in [2.45, 2.75) is 13.5 Å². The average molecular weight is 350 g/mol. The Hall–Kier alpha value is -3.45. The number of carbonyl (C=O) groups excluding carboxylic acids is 1. The number of pyridine rings is 1. The van der Waals surface area contributed by atoms with Crippen molar-refractivity contribution in [3.8, 4) is 11.4 Å². The predicted octanol–water partition coefficient (Wildman–Crippen LogP) is 2.14. The summed E-state index contributed by atoms with van der Waals surface area (Å²) in [6.45, 7) is 1.34. The second kappa shape index (κ2) is 7.62. The molecule has 0 aliphatic carbocycles. The molecule has 1 amide bonds. The van der Waals surface area contributed by atoms with Crippen molar-refractivity contribution in [2.24, 2.45) is 5.10 Å². The standard InChI is InChI=1S/C19H18N4O3/c1-13-18(25)16(14(12-24)10-20-13)11-21-22-19(26)15-6-2-3-7-17(15)23-8-4-5-9-23/h2-11,24-25H,12H2,1H3,(H,22,26)/b21-11+. The lowest BCUT2D eigenvalue weighted by molar-refractivity contribution is 0.0955. The number of nitrogens with zero attached hydrogens (tertiary/aromatic N) is 3. The predicted molar refractivity (Wildman–Crippen MR) is 97.4 cm³/mol. The summed E-state index contributed by atoms with van der Waals surface area (Å²) in [5, 5.41) is 23.4. The third kappa shape index (κ3) is 3.47. The number of aryl methyl sites for hydroxylation is 1. The maximum Gasteiger partial charge on any atom is 0.273 e. The van der Waals surface area contributed by atoms with Crippen molar-refractivity contribution < 1.29 is 15.0 Å². The lowest BCUT2D eigenvalue weighted by Gasteiger charge is -2.09. The molecule has 0 aliphatic heterocycles. The van der Waals surface area contributed by atoms with Gasteiger partial charge in [0.2, 0.25) is 0 Å². The molecule has 0 saturated carbocycles. The van der Waals surface area contributed by atoms with E-state index in [1.807, 2.05) is 41.2 Å². The molecule has 2 heterocycles. The molecule has 1 aromatic carbocycles. The summed E-state index contributed by atoms with van der Waals surface area (Å²) in [5.41, 5.74) is 4.78. The third-order valence-electron chi connectivity index (χ3n) is 3.92. The van der Waals surface area contributed by atoms with Gasteiger partial charge >= 0.3 is 0 Å². The van der Waals surface area contributed by atoms with Crippen molar-refractivity contribution in [1.82, 2.24) is 15.0 Å². The molecule has 0 bridgehead atoms. The van der Waals surface area contributed by atoms with Crippen molar-refractivity contribution in [1.29, 1.82) is 0 Å². The number of rotatable bonds is 5. The zero-order valence-corrected chi connectivity index (χ0v) is 14.1. The Kier molecular flexibility index (Phi) is 5.09. The number of hydrazone groups is 1. The number of carbonyl (C=O) groups is 1. The van der Waals surface area contributed by atoms with Crippen molar-refractivity contribution in [3.05, 3.63) is 77.4 Å². The highest BCUT2D eigenvalue weighted by Crippen LogP contribution is 2.22. The van der Waals surface area contributed by atoms with E-state index in [1.165, 1.54) is 12.4 Å². The van der Waals surface area contributed by atoms with Gasteiger partial charge in [-0.15, -0.1) is 0 Å². The van der Waals surface area contributed by atoms with E-state index >= 15 is 0 Å². The van der Waals surface area contributed by atoms with Crippen LogP contribution in [0.2, 0.25) is 0 Å². The molecule has 0 spiro atoms. The number of aliphatic hydroxyl groups excluding tert-OH is 1. The molecule has 0 radical (unpaired) electrons. The van der Waals surface area contributed by atoms with Crippen LogP contribution in [-0.4, -0.2) is 31.9 Å². The molecule has 3 rings (SSSR count). The topological polar surface area (TPSA) is 99.7 Å². The molecule has 132 valence electrons. The summed E-state index contributed by atoms with van der Waals surface area (Å²) in [7, 11) is 0. The summed E-state index contributed by atoms with van der Waals surface area (Å²) >= 11 is 0. The molecule has 26 heavy (non-hydrogen) atoms. The van der Waals surface area contributed by atoms with E-state index < -0.39 is 0 Å². The van der Waals surface area contributed by atoms with Gasteiger partial charge in [-0.1, -0.05) is 12.1 Å². The largest absolute Gasteiger partial charge is 0.505 e. The number of hydrogen-bond acceptors (Lipinski definition) is 5. The maximum absolute atomic E-state index is 12.5. The minimum atomic E-state index is -0.388. The van der Waals surface area contributed by atoms with Gasteiger partial charge in [-0.2, -0.15) is 5.10 Å². The van der Waals surface area contributed by atoms with Gasteiger partial charge in [-0.05, 0) is 31.2 Å². The molecule has 0 unspecified atom stereocenters. The second-order valence-corrected chi connectivity index (χ2v) is 5.60. The van der Waals surface area contributed by atoms with Crippen LogP contribution in [0.4, 0.5) is 0 Å². The van der Waals surface area contributed by atoms with Gasteiger partial charge in [0.25, 0.3) is 5.91 Å². The first-order valence-corrected chi connectivity index (χ1v) is 7.96. The summed E-state index contributed by atoms with van der Waals surface area (Å²) in [5.74, 6) is -0.469. The van der Waals surface area contributed by atoms with Crippen LogP contribution in [0.3, 0.4) is 0 Å². The number of amides is 1. The van der Waals surface area contributed by atoms with Gasteiger partial charge in [-0.25, -0.2) is 5.43 Å². The van der Waals surface area contributed by atoms with Gasteiger partial charge in [-0.3, -0.25) is 9.78 Å². The SMILES string of the molecule is Cc1ncc(CO)c(/C=N/NC(=O)c2ccccc2-n2cccc2)c1O. The summed E-state index contributed by atoms with van der Waals surface area (Å²) in [4.78, 5) is 16.5. The monoisotopic (exact) mass is 350 g/mol. The lowest BCUT2D eigenvalue weighted by Crippen LogP contribution is -2.19. The molecule has 0 aliphatic rings. The minimum Gasteiger partial charge on any atom is -0.505 e. The lowest BCUT2D eigenvalue weighted by atomic mass is 10.1. The fourth-order valence-corrected chi connectivity index (χ4v) is 2.52. The molecule has 2 aromatic heterocycles. The van der Waals surface area contributed by atoms with Crippen LogP contribution in [0.5, 0.6) is 5.75 Å². The highest BCUT2D eigenvalue weighted by molar-refractivity contribution is 5.98.